The van der Waals surface area contributed by atoms with Gasteiger partial charge in [0, 0.05) is 5.56 Å². The van der Waals surface area contributed by atoms with E-state index < -0.39 is 30.7 Å². The molecule has 0 aromatic heterocycles. The molecule has 2 N–H and O–H groups in total. The predicted octanol–water partition coefficient (Wildman–Crippen LogP) is 7.52. The molecule has 0 spiro atoms. The molecule has 0 saturated carbocycles. The quantitative estimate of drug-likeness (QED) is 0.203. The van der Waals surface area contributed by atoms with E-state index in [0.717, 1.165) is 18.2 Å². The van der Waals surface area contributed by atoms with Crippen LogP contribution in [0.25, 0.3) is 6.08 Å². The molecule has 0 aliphatic rings. The minimum atomic E-state index is -4.65. The first kappa shape index (κ1) is 29.2. The summed E-state index contributed by atoms with van der Waals surface area (Å²) in [6.07, 6.45) is -6.94. The highest BCUT2D eigenvalue weighted by Gasteiger charge is 2.39. The Morgan fingerprint density at radius 1 is 1.03 bits per heavy atom. The first-order valence-electron chi connectivity index (χ1n) is 9.70. The molecular weight excluding hydrogens is 561 g/mol. The summed E-state index contributed by atoms with van der Waals surface area (Å²) in [6, 6.07) is 6.47. The van der Waals surface area contributed by atoms with Gasteiger partial charge >= 0.3 is 12.4 Å². The number of amides is 1. The third kappa shape index (κ3) is 8.86. The molecular formula is C22H17Cl3F6N2OS. The molecule has 0 aliphatic heterocycles. The van der Waals surface area contributed by atoms with Crippen LogP contribution in [0.2, 0.25) is 15.1 Å². The van der Waals surface area contributed by atoms with E-state index in [0.29, 0.717) is 11.1 Å². The number of halogens is 9. The summed E-state index contributed by atoms with van der Waals surface area (Å²) in [5.74, 6) is -2.63. The van der Waals surface area contributed by atoms with Gasteiger partial charge in [0.2, 0.25) is 0 Å². The second-order valence-electron chi connectivity index (χ2n) is 7.33. The lowest BCUT2D eigenvalue weighted by atomic mass is 9.96. The first-order valence-corrected chi connectivity index (χ1v) is 11.2. The molecule has 35 heavy (non-hydrogen) atoms. The minimum absolute atomic E-state index is 0.0524. The lowest BCUT2D eigenvalue weighted by Gasteiger charge is -2.18. The van der Waals surface area contributed by atoms with Crippen molar-refractivity contribution < 1.29 is 31.1 Å². The van der Waals surface area contributed by atoms with Crippen molar-refractivity contribution in [1.29, 1.82) is 0 Å². The fourth-order valence-electron chi connectivity index (χ4n) is 2.93. The fraction of sp³-hybridized carbons (Fsp3) is 0.273. The zero-order valence-electron chi connectivity index (χ0n) is 17.8. The van der Waals surface area contributed by atoms with Crippen molar-refractivity contribution in [3.05, 3.63) is 73.7 Å². The van der Waals surface area contributed by atoms with E-state index in [4.69, 9.17) is 47.0 Å². The van der Waals surface area contributed by atoms with Crippen molar-refractivity contribution in [2.75, 3.05) is 13.1 Å². The summed E-state index contributed by atoms with van der Waals surface area (Å²) in [6.45, 7) is -0.0770. The van der Waals surface area contributed by atoms with E-state index in [2.05, 4.69) is 5.32 Å². The number of nitrogens with one attached hydrogen (secondary N) is 2. The normalized spacial score (nSPS) is 13.1. The Labute approximate surface area is 217 Å². The van der Waals surface area contributed by atoms with Gasteiger partial charge in [-0.3, -0.25) is 4.79 Å². The zero-order valence-corrected chi connectivity index (χ0v) is 20.8. The number of benzene rings is 2. The molecule has 2 aromatic rings. The molecule has 2 rings (SSSR count). The Kier molecular flexibility index (Phi) is 9.87. The van der Waals surface area contributed by atoms with Crippen LogP contribution in [0, 0.1) is 6.92 Å². The Morgan fingerprint density at radius 2 is 1.63 bits per heavy atom. The summed E-state index contributed by atoms with van der Waals surface area (Å²) in [5.41, 5.74) is 0.794. The van der Waals surface area contributed by atoms with Crippen LogP contribution in [0.4, 0.5) is 26.3 Å². The van der Waals surface area contributed by atoms with Crippen LogP contribution in [-0.4, -0.2) is 36.3 Å². The highest BCUT2D eigenvalue weighted by Crippen LogP contribution is 2.41. The molecule has 0 bridgehead atoms. The number of alkyl halides is 6. The number of rotatable bonds is 7. The number of hydrogen-bond acceptors (Lipinski definition) is 2. The molecule has 3 nitrogen and oxygen atoms in total. The summed E-state index contributed by atoms with van der Waals surface area (Å²) in [7, 11) is 0. The van der Waals surface area contributed by atoms with Crippen molar-refractivity contribution in [2.24, 2.45) is 0 Å². The number of carbonyl (C=O) groups is 1. The summed E-state index contributed by atoms with van der Waals surface area (Å²) < 4.78 is 77.7. The van der Waals surface area contributed by atoms with Gasteiger partial charge in [0.1, 0.15) is 6.54 Å². The van der Waals surface area contributed by atoms with Crippen LogP contribution in [0.3, 0.4) is 0 Å². The summed E-state index contributed by atoms with van der Waals surface area (Å²) in [5, 5.41) is 4.09. The van der Waals surface area contributed by atoms with Crippen molar-refractivity contribution >= 4 is 64.0 Å². The van der Waals surface area contributed by atoms with Gasteiger partial charge in [-0.2, -0.15) is 26.3 Å². The SMILES string of the molecule is Cc1cc(C=CC(c2cc(Cl)c(Cl)c(Cl)c2)C(F)(F)F)ccc1C(=O)NCC(=S)NCC(F)(F)F. The van der Waals surface area contributed by atoms with Crippen molar-refractivity contribution in [1.82, 2.24) is 10.6 Å². The number of aryl methyl sites for hydroxylation is 1. The van der Waals surface area contributed by atoms with Gasteiger partial charge in [-0.25, -0.2) is 0 Å². The van der Waals surface area contributed by atoms with Gasteiger partial charge in [0.05, 0.1) is 32.5 Å². The molecule has 2 aromatic carbocycles. The average Bonchev–Trinajstić information content (AvgIpc) is 2.73. The van der Waals surface area contributed by atoms with Crippen LogP contribution in [0.15, 0.2) is 36.4 Å². The number of thiocarbonyl (C=S) groups is 1. The maximum atomic E-state index is 13.7. The molecule has 0 radical (unpaired) electrons. The van der Waals surface area contributed by atoms with E-state index in [1.807, 2.05) is 5.32 Å². The van der Waals surface area contributed by atoms with E-state index in [1.165, 1.54) is 24.3 Å². The predicted molar refractivity (Wildman–Crippen MR) is 129 cm³/mol. The number of allylic oxidation sites excluding steroid dienone is 1. The molecule has 0 heterocycles. The van der Waals surface area contributed by atoms with Crippen LogP contribution < -0.4 is 10.6 Å². The van der Waals surface area contributed by atoms with Crippen LogP contribution in [-0.2, 0) is 0 Å². The topological polar surface area (TPSA) is 41.1 Å². The monoisotopic (exact) mass is 576 g/mol. The Hall–Kier alpha value is -2.01. The molecule has 1 unspecified atom stereocenters. The highest BCUT2D eigenvalue weighted by molar-refractivity contribution is 7.80. The standard InChI is InChI=1S/C22H17Cl3F6N2OS/c1-11-6-12(2-4-14(11)20(34)32-9-18(35)33-10-21(26,27)28)3-5-15(22(29,30)31)13-7-16(23)19(25)17(24)8-13/h2-8,15H,9-10H2,1H3,(H,32,34)(H,33,35). The third-order valence-corrected chi connectivity index (χ3v) is 6.08. The smallest absolute Gasteiger partial charge is 0.369 e. The van der Waals surface area contributed by atoms with Gasteiger partial charge in [0.15, 0.2) is 0 Å². The molecule has 190 valence electrons. The Balaban J connectivity index is 2.15. The number of hydrogen-bond donors (Lipinski definition) is 2. The van der Waals surface area contributed by atoms with Crippen LogP contribution >= 0.6 is 47.0 Å². The lowest BCUT2D eigenvalue weighted by molar-refractivity contribution is -0.139. The van der Waals surface area contributed by atoms with E-state index in [1.54, 1.807) is 6.92 Å². The zero-order chi connectivity index (χ0) is 26.6. The Morgan fingerprint density at radius 3 is 2.14 bits per heavy atom. The van der Waals surface area contributed by atoms with Gasteiger partial charge in [-0.1, -0.05) is 71.3 Å². The first-order chi connectivity index (χ1) is 16.1. The summed E-state index contributed by atoms with van der Waals surface area (Å²) in [4.78, 5) is 12.1. The maximum Gasteiger partial charge on any atom is 0.405 e. The largest absolute Gasteiger partial charge is 0.405 e. The second-order valence-corrected chi connectivity index (χ2v) is 9.01. The van der Waals surface area contributed by atoms with Gasteiger partial charge < -0.3 is 10.6 Å². The molecule has 0 aliphatic carbocycles. The second kappa shape index (κ2) is 11.8. The third-order valence-electron chi connectivity index (χ3n) is 4.59. The molecule has 13 heteroatoms. The highest BCUT2D eigenvalue weighted by atomic mass is 35.5. The lowest BCUT2D eigenvalue weighted by Crippen LogP contribution is -2.40. The van der Waals surface area contributed by atoms with Crippen LogP contribution in [0.1, 0.15) is 33.0 Å². The summed E-state index contributed by atoms with van der Waals surface area (Å²) >= 11 is 22.3. The maximum absolute atomic E-state index is 13.7. The van der Waals surface area contributed by atoms with E-state index in [-0.39, 0.29) is 37.7 Å². The van der Waals surface area contributed by atoms with Gasteiger partial charge in [-0.15, -0.1) is 0 Å². The van der Waals surface area contributed by atoms with Gasteiger partial charge in [0.25, 0.3) is 5.91 Å². The fourth-order valence-corrected chi connectivity index (χ4v) is 3.69. The Bertz CT molecular complexity index is 1110. The van der Waals surface area contributed by atoms with E-state index in [9.17, 15) is 31.1 Å². The molecule has 0 fully saturated rings. The minimum Gasteiger partial charge on any atom is -0.369 e. The molecule has 1 amide bonds. The molecule has 1 atom stereocenters. The number of carbonyl (C=O) groups excluding carboxylic acids is 1. The van der Waals surface area contributed by atoms with Gasteiger partial charge in [-0.05, 0) is 41.8 Å². The van der Waals surface area contributed by atoms with Crippen molar-refractivity contribution in [3.63, 3.8) is 0 Å². The van der Waals surface area contributed by atoms with Crippen molar-refractivity contribution in [3.8, 4) is 0 Å². The average molecular weight is 578 g/mol. The van der Waals surface area contributed by atoms with Crippen LogP contribution in [0.5, 0.6) is 0 Å². The van der Waals surface area contributed by atoms with E-state index >= 15 is 0 Å². The van der Waals surface area contributed by atoms with Crippen molar-refractivity contribution in [2.45, 2.75) is 25.2 Å². The molecule has 0 saturated heterocycles.